The second-order valence-electron chi connectivity index (χ2n) is 7.95. The second kappa shape index (κ2) is 10.9. The number of esters is 1. The molecule has 7 nitrogen and oxygen atoms in total. The molecule has 2 heterocycles. The molecule has 8 heteroatoms. The lowest BCUT2D eigenvalue weighted by molar-refractivity contribution is 0.0376. The molecule has 4 rings (SSSR count). The Kier molecular flexibility index (Phi) is 7.69. The van der Waals surface area contributed by atoms with Gasteiger partial charge in [-0.15, -0.1) is 0 Å². The molecule has 1 amide bonds. The van der Waals surface area contributed by atoms with Crippen molar-refractivity contribution >= 4 is 38.6 Å². The third kappa shape index (κ3) is 5.40. The van der Waals surface area contributed by atoms with E-state index >= 15 is 0 Å². The molecule has 0 spiro atoms. The first-order valence-corrected chi connectivity index (χ1v) is 12.1. The van der Waals surface area contributed by atoms with E-state index in [4.69, 9.17) is 14.5 Å². The van der Waals surface area contributed by atoms with Gasteiger partial charge < -0.3 is 9.47 Å². The number of fused-ring (bicyclic) bond motifs is 1. The van der Waals surface area contributed by atoms with Crippen LogP contribution in [0.25, 0.3) is 10.2 Å². The number of para-hydroxylation sites is 1. The van der Waals surface area contributed by atoms with Gasteiger partial charge in [-0.1, -0.05) is 30.4 Å². The minimum atomic E-state index is -0.422. The summed E-state index contributed by atoms with van der Waals surface area (Å²) in [6.07, 6.45) is 1.73. The van der Waals surface area contributed by atoms with Gasteiger partial charge in [0.25, 0.3) is 5.91 Å². The molecule has 0 atom stereocenters. The molecular formula is C25H29N3O4S. The Balaban J connectivity index is 1.59. The fourth-order valence-corrected chi connectivity index (χ4v) is 5.02. The summed E-state index contributed by atoms with van der Waals surface area (Å²) < 4.78 is 11.3. The van der Waals surface area contributed by atoms with Gasteiger partial charge in [0, 0.05) is 31.7 Å². The number of nitrogens with zero attached hydrogens (tertiary/aromatic N) is 3. The molecule has 0 N–H and O–H groups in total. The van der Waals surface area contributed by atoms with Crippen LogP contribution in [0, 0.1) is 0 Å². The number of hydrogen-bond donors (Lipinski definition) is 0. The summed E-state index contributed by atoms with van der Waals surface area (Å²) in [6, 6.07) is 12.8. The third-order valence-electron chi connectivity index (χ3n) is 5.86. The summed E-state index contributed by atoms with van der Waals surface area (Å²) in [5.74, 6) is -0.542. The van der Waals surface area contributed by atoms with E-state index in [1.165, 1.54) is 12.7 Å². The van der Waals surface area contributed by atoms with Crippen LogP contribution in [0.3, 0.4) is 0 Å². The van der Waals surface area contributed by atoms with Crippen molar-refractivity contribution in [1.29, 1.82) is 0 Å². The molecule has 3 aromatic rings. The van der Waals surface area contributed by atoms with Crippen LogP contribution in [0.5, 0.6) is 0 Å². The molecule has 2 aromatic carbocycles. The Morgan fingerprint density at radius 2 is 1.85 bits per heavy atom. The number of carbonyl (C=O) groups is 2. The number of morpholine rings is 1. The summed E-state index contributed by atoms with van der Waals surface area (Å²) in [6.45, 7) is 6.94. The van der Waals surface area contributed by atoms with Crippen molar-refractivity contribution in [3.63, 3.8) is 0 Å². The average molecular weight is 468 g/mol. The minimum Gasteiger partial charge on any atom is -0.465 e. The summed E-state index contributed by atoms with van der Waals surface area (Å²) in [4.78, 5) is 34.3. The first kappa shape index (κ1) is 23.4. The summed E-state index contributed by atoms with van der Waals surface area (Å²) in [7, 11) is 1.34. The Morgan fingerprint density at radius 3 is 2.55 bits per heavy atom. The molecule has 0 bridgehead atoms. The molecule has 1 aliphatic heterocycles. The highest BCUT2D eigenvalue weighted by Crippen LogP contribution is 2.32. The SMILES string of the molecule is CCc1cccc2sc(N(CCCN3CCOCC3)C(=O)c3ccc(C(=O)OC)cc3)nc12. The van der Waals surface area contributed by atoms with Gasteiger partial charge in [-0.3, -0.25) is 14.6 Å². The van der Waals surface area contributed by atoms with Crippen LogP contribution in [0.2, 0.25) is 0 Å². The number of carbonyl (C=O) groups excluding carboxylic acids is 2. The summed E-state index contributed by atoms with van der Waals surface area (Å²) in [5.41, 5.74) is 3.08. The fourth-order valence-electron chi connectivity index (χ4n) is 3.98. The number of benzene rings is 2. The van der Waals surface area contributed by atoms with Crippen LogP contribution in [0.4, 0.5) is 5.13 Å². The van der Waals surface area contributed by atoms with E-state index in [-0.39, 0.29) is 5.91 Å². The molecule has 1 aromatic heterocycles. The smallest absolute Gasteiger partial charge is 0.337 e. The molecule has 174 valence electrons. The molecule has 0 radical (unpaired) electrons. The van der Waals surface area contributed by atoms with Gasteiger partial charge in [0.15, 0.2) is 5.13 Å². The van der Waals surface area contributed by atoms with Gasteiger partial charge in [0.05, 0.1) is 36.1 Å². The summed E-state index contributed by atoms with van der Waals surface area (Å²) >= 11 is 1.54. The van der Waals surface area contributed by atoms with E-state index in [1.54, 1.807) is 40.5 Å². The van der Waals surface area contributed by atoms with Crippen molar-refractivity contribution < 1.29 is 19.1 Å². The van der Waals surface area contributed by atoms with Crippen molar-refractivity contribution in [2.75, 3.05) is 51.4 Å². The molecule has 0 unspecified atom stereocenters. The van der Waals surface area contributed by atoms with Crippen LogP contribution in [-0.2, 0) is 15.9 Å². The topological polar surface area (TPSA) is 72.0 Å². The lowest BCUT2D eigenvalue weighted by Gasteiger charge is -2.27. The van der Waals surface area contributed by atoms with Gasteiger partial charge in [-0.05, 0) is 48.7 Å². The molecule has 1 fully saturated rings. The lowest BCUT2D eigenvalue weighted by atomic mass is 10.1. The molecular weight excluding hydrogens is 438 g/mol. The second-order valence-corrected chi connectivity index (χ2v) is 8.96. The molecule has 1 aliphatic rings. The third-order valence-corrected chi connectivity index (χ3v) is 6.90. The number of thiazole rings is 1. The van der Waals surface area contributed by atoms with Gasteiger partial charge in [0.2, 0.25) is 0 Å². The van der Waals surface area contributed by atoms with Gasteiger partial charge in [-0.2, -0.15) is 0 Å². The number of aryl methyl sites for hydroxylation is 1. The standard InChI is InChI=1S/C25H29N3O4S/c1-3-18-6-4-7-21-22(18)26-25(33-21)28(13-5-12-27-14-16-32-17-15-27)23(29)19-8-10-20(11-9-19)24(30)31-2/h4,6-11H,3,5,12-17H2,1-2H3. The van der Waals surface area contributed by atoms with Gasteiger partial charge in [0.1, 0.15) is 0 Å². The zero-order chi connectivity index (χ0) is 23.2. The number of rotatable bonds is 8. The normalized spacial score (nSPS) is 14.4. The van der Waals surface area contributed by atoms with Crippen LogP contribution in [0.15, 0.2) is 42.5 Å². The molecule has 0 saturated carbocycles. The van der Waals surface area contributed by atoms with Crippen LogP contribution >= 0.6 is 11.3 Å². The zero-order valence-electron chi connectivity index (χ0n) is 19.1. The van der Waals surface area contributed by atoms with Crippen molar-refractivity contribution in [3.05, 3.63) is 59.2 Å². The maximum absolute atomic E-state index is 13.6. The Labute approximate surface area is 197 Å². The highest BCUT2D eigenvalue weighted by molar-refractivity contribution is 7.22. The van der Waals surface area contributed by atoms with E-state index in [0.717, 1.165) is 55.9 Å². The van der Waals surface area contributed by atoms with E-state index < -0.39 is 5.97 Å². The number of ether oxygens (including phenoxy) is 2. The van der Waals surface area contributed by atoms with Crippen LogP contribution < -0.4 is 4.90 Å². The molecule has 33 heavy (non-hydrogen) atoms. The number of hydrogen-bond acceptors (Lipinski definition) is 7. The summed E-state index contributed by atoms with van der Waals surface area (Å²) in [5, 5.41) is 0.704. The van der Waals surface area contributed by atoms with Crippen molar-refractivity contribution in [2.45, 2.75) is 19.8 Å². The maximum atomic E-state index is 13.6. The quantitative estimate of drug-likeness (QED) is 0.466. The average Bonchev–Trinajstić information content (AvgIpc) is 3.30. The predicted octanol–water partition coefficient (Wildman–Crippen LogP) is 4.01. The highest BCUT2D eigenvalue weighted by atomic mass is 32.1. The van der Waals surface area contributed by atoms with E-state index in [9.17, 15) is 9.59 Å². The van der Waals surface area contributed by atoms with Gasteiger partial charge in [-0.25, -0.2) is 9.78 Å². The van der Waals surface area contributed by atoms with Gasteiger partial charge >= 0.3 is 5.97 Å². The molecule has 0 aliphatic carbocycles. The predicted molar refractivity (Wildman–Crippen MR) is 130 cm³/mol. The first-order chi connectivity index (χ1) is 16.1. The van der Waals surface area contributed by atoms with E-state index in [0.29, 0.717) is 22.8 Å². The van der Waals surface area contributed by atoms with Crippen LogP contribution in [0.1, 0.15) is 39.6 Å². The molecule has 1 saturated heterocycles. The zero-order valence-corrected chi connectivity index (χ0v) is 19.9. The number of amides is 1. The highest BCUT2D eigenvalue weighted by Gasteiger charge is 2.23. The van der Waals surface area contributed by atoms with Crippen LogP contribution in [-0.4, -0.2) is 68.3 Å². The largest absolute Gasteiger partial charge is 0.465 e. The van der Waals surface area contributed by atoms with Crippen molar-refractivity contribution in [1.82, 2.24) is 9.88 Å². The monoisotopic (exact) mass is 467 g/mol. The van der Waals surface area contributed by atoms with Crippen molar-refractivity contribution in [3.8, 4) is 0 Å². The van der Waals surface area contributed by atoms with E-state index in [1.807, 2.05) is 6.07 Å². The minimum absolute atomic E-state index is 0.120. The fraction of sp³-hybridized carbons (Fsp3) is 0.400. The maximum Gasteiger partial charge on any atom is 0.337 e. The lowest BCUT2D eigenvalue weighted by Crippen LogP contribution is -2.39. The number of aromatic nitrogens is 1. The Bertz CT molecular complexity index is 1110. The number of methoxy groups -OCH3 is 1. The van der Waals surface area contributed by atoms with E-state index in [2.05, 4.69) is 24.0 Å². The number of anilines is 1. The Morgan fingerprint density at radius 1 is 1.12 bits per heavy atom. The first-order valence-electron chi connectivity index (χ1n) is 11.3. The van der Waals surface area contributed by atoms with Crippen molar-refractivity contribution in [2.24, 2.45) is 0 Å². The Hall–Kier alpha value is -2.81.